The minimum atomic E-state index is -0.0154. The van der Waals surface area contributed by atoms with Crippen molar-refractivity contribution >= 4 is 16.8 Å². The highest BCUT2D eigenvalue weighted by Gasteiger charge is 2.19. The SMILES string of the molecule is O=C(Cc1cnn(-c2ccccc2)c1)NC[C@@H](c1ccccc1)c1c[nH]c2ccccc12. The van der Waals surface area contributed by atoms with Crippen molar-refractivity contribution in [2.45, 2.75) is 12.3 Å². The van der Waals surface area contributed by atoms with Crippen molar-refractivity contribution in [3.05, 3.63) is 120 Å². The van der Waals surface area contributed by atoms with Crippen molar-refractivity contribution in [3.63, 3.8) is 0 Å². The number of aromatic amines is 1. The molecule has 0 aliphatic heterocycles. The Labute approximate surface area is 186 Å². The van der Waals surface area contributed by atoms with Gasteiger partial charge in [-0.1, -0.05) is 66.7 Å². The van der Waals surface area contributed by atoms with Crippen LogP contribution in [0, 0.1) is 0 Å². The third kappa shape index (κ3) is 4.18. The normalized spacial score (nSPS) is 12.0. The molecule has 2 aromatic heterocycles. The van der Waals surface area contributed by atoms with E-state index in [-0.39, 0.29) is 11.8 Å². The lowest BCUT2D eigenvalue weighted by Crippen LogP contribution is -2.30. The van der Waals surface area contributed by atoms with Gasteiger partial charge in [0.25, 0.3) is 0 Å². The topological polar surface area (TPSA) is 62.7 Å². The number of carbonyl (C=O) groups is 1. The molecule has 1 atom stereocenters. The van der Waals surface area contributed by atoms with Crippen LogP contribution in [0.5, 0.6) is 0 Å². The van der Waals surface area contributed by atoms with Crippen molar-refractivity contribution in [2.24, 2.45) is 0 Å². The monoisotopic (exact) mass is 420 g/mol. The predicted molar refractivity (Wildman–Crippen MR) is 127 cm³/mol. The summed E-state index contributed by atoms with van der Waals surface area (Å²) in [4.78, 5) is 16.1. The molecular weight excluding hydrogens is 396 g/mol. The molecule has 3 aromatic carbocycles. The number of fused-ring (bicyclic) bond motifs is 1. The maximum Gasteiger partial charge on any atom is 0.224 e. The summed E-state index contributed by atoms with van der Waals surface area (Å²) in [7, 11) is 0. The van der Waals surface area contributed by atoms with Gasteiger partial charge in [0.1, 0.15) is 0 Å². The second-order valence-electron chi connectivity index (χ2n) is 7.86. The molecule has 0 bridgehead atoms. The molecule has 0 spiro atoms. The highest BCUT2D eigenvalue weighted by Crippen LogP contribution is 2.30. The van der Waals surface area contributed by atoms with Gasteiger partial charge in [0.15, 0.2) is 0 Å². The molecule has 0 saturated heterocycles. The summed E-state index contributed by atoms with van der Waals surface area (Å²) in [6, 6.07) is 28.5. The van der Waals surface area contributed by atoms with Gasteiger partial charge in [-0.2, -0.15) is 5.10 Å². The summed E-state index contributed by atoms with van der Waals surface area (Å²) in [5.74, 6) is 0.0433. The Morgan fingerprint density at radius 3 is 2.47 bits per heavy atom. The Morgan fingerprint density at radius 1 is 0.938 bits per heavy atom. The number of amides is 1. The van der Waals surface area contributed by atoms with Gasteiger partial charge < -0.3 is 10.3 Å². The van der Waals surface area contributed by atoms with Gasteiger partial charge in [-0.05, 0) is 34.9 Å². The van der Waals surface area contributed by atoms with E-state index in [0.717, 1.165) is 16.8 Å². The molecule has 0 aliphatic carbocycles. The maximum atomic E-state index is 12.8. The molecule has 2 heterocycles. The number of nitrogens with one attached hydrogen (secondary N) is 2. The molecule has 0 radical (unpaired) electrons. The first-order valence-electron chi connectivity index (χ1n) is 10.7. The number of rotatable bonds is 7. The number of H-pyrrole nitrogens is 1. The Hall–Kier alpha value is -4.12. The van der Waals surface area contributed by atoms with E-state index in [1.807, 2.05) is 66.9 Å². The predicted octanol–water partition coefficient (Wildman–Crippen LogP) is 4.84. The Balaban J connectivity index is 1.32. The van der Waals surface area contributed by atoms with E-state index < -0.39 is 0 Å². The minimum absolute atomic E-state index is 0.0154. The van der Waals surface area contributed by atoms with E-state index in [2.05, 4.69) is 45.9 Å². The Morgan fingerprint density at radius 2 is 1.66 bits per heavy atom. The smallest absolute Gasteiger partial charge is 0.224 e. The van der Waals surface area contributed by atoms with E-state index in [1.165, 1.54) is 16.5 Å². The van der Waals surface area contributed by atoms with Gasteiger partial charge in [0, 0.05) is 35.8 Å². The number of aromatic nitrogens is 3. The Bertz CT molecular complexity index is 1320. The second kappa shape index (κ2) is 8.94. The summed E-state index contributed by atoms with van der Waals surface area (Å²) >= 11 is 0. The standard InChI is InChI=1S/C27H24N4O/c32-27(15-20-16-30-31(19-20)22-11-5-2-6-12-22)29-17-24(21-9-3-1-4-10-21)25-18-28-26-14-8-7-13-23(25)26/h1-14,16,18-19,24,28H,15,17H2,(H,29,32)/t24-/m0/s1. The van der Waals surface area contributed by atoms with E-state index in [0.29, 0.717) is 13.0 Å². The lowest BCUT2D eigenvalue weighted by atomic mass is 9.91. The molecule has 5 heteroatoms. The molecule has 0 saturated carbocycles. The summed E-state index contributed by atoms with van der Waals surface area (Å²) in [6.07, 6.45) is 6.00. The average molecular weight is 421 g/mol. The van der Waals surface area contributed by atoms with Crippen molar-refractivity contribution in [1.82, 2.24) is 20.1 Å². The molecule has 5 aromatic rings. The van der Waals surface area contributed by atoms with Crippen LogP contribution in [0.2, 0.25) is 0 Å². The van der Waals surface area contributed by atoms with Crippen LogP contribution in [-0.2, 0) is 11.2 Å². The number of carbonyl (C=O) groups excluding carboxylic acids is 1. The fourth-order valence-electron chi connectivity index (χ4n) is 4.11. The molecule has 5 nitrogen and oxygen atoms in total. The Kier molecular flexibility index (Phi) is 5.54. The number of hydrogen-bond acceptors (Lipinski definition) is 2. The molecule has 5 rings (SSSR count). The van der Waals surface area contributed by atoms with E-state index in [9.17, 15) is 4.79 Å². The first-order valence-corrected chi connectivity index (χ1v) is 10.7. The largest absolute Gasteiger partial charge is 0.361 e. The fraction of sp³-hybridized carbons (Fsp3) is 0.111. The molecule has 0 aliphatic rings. The van der Waals surface area contributed by atoms with Crippen molar-refractivity contribution < 1.29 is 4.79 Å². The van der Waals surface area contributed by atoms with Crippen LogP contribution in [0.4, 0.5) is 0 Å². The van der Waals surface area contributed by atoms with Gasteiger partial charge in [-0.25, -0.2) is 4.68 Å². The van der Waals surface area contributed by atoms with E-state index in [4.69, 9.17) is 0 Å². The summed E-state index contributed by atoms with van der Waals surface area (Å²) in [6.45, 7) is 0.525. The summed E-state index contributed by atoms with van der Waals surface area (Å²) in [5, 5.41) is 8.71. The van der Waals surface area contributed by atoms with Gasteiger partial charge in [-0.15, -0.1) is 0 Å². The summed E-state index contributed by atoms with van der Waals surface area (Å²) in [5.41, 5.74) is 5.32. The van der Waals surface area contributed by atoms with Crippen LogP contribution in [0.3, 0.4) is 0 Å². The molecule has 0 unspecified atom stereocenters. The zero-order chi connectivity index (χ0) is 21.8. The van der Waals surface area contributed by atoms with Crippen LogP contribution >= 0.6 is 0 Å². The maximum absolute atomic E-state index is 12.8. The highest BCUT2D eigenvalue weighted by molar-refractivity contribution is 5.84. The number of hydrogen-bond donors (Lipinski definition) is 2. The molecule has 1 amide bonds. The van der Waals surface area contributed by atoms with E-state index >= 15 is 0 Å². The van der Waals surface area contributed by atoms with E-state index in [1.54, 1.807) is 10.9 Å². The average Bonchev–Trinajstić information content (AvgIpc) is 3.48. The highest BCUT2D eigenvalue weighted by atomic mass is 16.1. The third-order valence-electron chi connectivity index (χ3n) is 5.72. The van der Waals surface area contributed by atoms with Crippen LogP contribution in [-0.4, -0.2) is 27.2 Å². The third-order valence-corrected chi connectivity index (χ3v) is 5.72. The number of nitrogens with zero attached hydrogens (tertiary/aromatic N) is 2. The number of benzene rings is 3. The van der Waals surface area contributed by atoms with Crippen LogP contribution < -0.4 is 5.32 Å². The molecule has 32 heavy (non-hydrogen) atoms. The van der Waals surface area contributed by atoms with Crippen LogP contribution in [0.1, 0.15) is 22.6 Å². The zero-order valence-electron chi connectivity index (χ0n) is 17.6. The van der Waals surface area contributed by atoms with Crippen LogP contribution in [0.25, 0.3) is 16.6 Å². The minimum Gasteiger partial charge on any atom is -0.361 e. The first-order chi connectivity index (χ1) is 15.8. The lowest BCUT2D eigenvalue weighted by Gasteiger charge is -2.18. The van der Waals surface area contributed by atoms with Crippen LogP contribution in [0.15, 0.2) is 104 Å². The summed E-state index contributed by atoms with van der Waals surface area (Å²) < 4.78 is 1.79. The first kappa shape index (κ1) is 19.8. The lowest BCUT2D eigenvalue weighted by molar-refractivity contribution is -0.120. The van der Waals surface area contributed by atoms with Crippen molar-refractivity contribution in [2.75, 3.05) is 6.54 Å². The molecule has 0 fully saturated rings. The van der Waals surface area contributed by atoms with Crippen molar-refractivity contribution in [3.8, 4) is 5.69 Å². The molecule has 2 N–H and O–H groups in total. The van der Waals surface area contributed by atoms with Gasteiger partial charge in [0.2, 0.25) is 5.91 Å². The van der Waals surface area contributed by atoms with Gasteiger partial charge in [-0.3, -0.25) is 4.79 Å². The quantitative estimate of drug-likeness (QED) is 0.396. The fourth-order valence-corrected chi connectivity index (χ4v) is 4.11. The molecule has 158 valence electrons. The van der Waals surface area contributed by atoms with Gasteiger partial charge >= 0.3 is 0 Å². The molecular formula is C27H24N4O. The zero-order valence-corrected chi connectivity index (χ0v) is 17.6. The number of para-hydroxylation sites is 2. The second-order valence-corrected chi connectivity index (χ2v) is 7.86. The van der Waals surface area contributed by atoms with Crippen molar-refractivity contribution in [1.29, 1.82) is 0 Å². The van der Waals surface area contributed by atoms with Gasteiger partial charge in [0.05, 0.1) is 18.3 Å².